The molecule has 0 radical (unpaired) electrons. The van der Waals surface area contributed by atoms with Crippen LogP contribution < -0.4 is 5.73 Å². The summed E-state index contributed by atoms with van der Waals surface area (Å²) in [5.74, 6) is 1.07. The molecule has 20 heavy (non-hydrogen) atoms. The van der Waals surface area contributed by atoms with E-state index >= 15 is 0 Å². The van der Waals surface area contributed by atoms with Gasteiger partial charge in [0, 0.05) is 25.4 Å². The van der Waals surface area contributed by atoms with E-state index in [2.05, 4.69) is 44.9 Å². The van der Waals surface area contributed by atoms with Crippen LogP contribution >= 0.6 is 0 Å². The zero-order chi connectivity index (χ0) is 13.8. The summed E-state index contributed by atoms with van der Waals surface area (Å²) in [6, 6.07) is 12.4. The van der Waals surface area contributed by atoms with Gasteiger partial charge >= 0.3 is 0 Å². The number of aromatic nitrogens is 3. The van der Waals surface area contributed by atoms with Gasteiger partial charge in [0.05, 0.1) is 11.0 Å². The first-order chi connectivity index (χ1) is 9.88. The van der Waals surface area contributed by atoms with Crippen LogP contribution in [-0.2, 0) is 19.4 Å². The standard InChI is InChI=1S/C16H18N4/c17-9-5-16-19-14-3-1-2-4-15(14)20(16)12-8-13-6-10-18-11-7-13/h1-4,6-7,10-11H,5,8-9,12,17H2. The van der Waals surface area contributed by atoms with Crippen molar-refractivity contribution in [1.82, 2.24) is 14.5 Å². The Morgan fingerprint density at radius 3 is 2.60 bits per heavy atom. The van der Waals surface area contributed by atoms with Crippen LogP contribution in [0.3, 0.4) is 0 Å². The summed E-state index contributed by atoms with van der Waals surface area (Å²) in [7, 11) is 0. The van der Waals surface area contributed by atoms with Gasteiger partial charge in [0.2, 0.25) is 0 Å². The summed E-state index contributed by atoms with van der Waals surface area (Å²) in [6.45, 7) is 1.54. The zero-order valence-corrected chi connectivity index (χ0v) is 11.4. The molecule has 0 saturated heterocycles. The molecule has 102 valence electrons. The molecule has 0 aliphatic rings. The summed E-state index contributed by atoms with van der Waals surface area (Å²) in [5, 5.41) is 0. The molecule has 0 aliphatic carbocycles. The lowest BCUT2D eigenvalue weighted by Crippen LogP contribution is -2.11. The SMILES string of the molecule is NCCc1nc2ccccc2n1CCc1ccncc1. The van der Waals surface area contributed by atoms with Crippen molar-refractivity contribution >= 4 is 11.0 Å². The second-order valence-corrected chi connectivity index (χ2v) is 4.81. The van der Waals surface area contributed by atoms with Gasteiger partial charge in [-0.3, -0.25) is 4.98 Å². The first kappa shape index (κ1) is 12.8. The Morgan fingerprint density at radius 1 is 1.00 bits per heavy atom. The number of hydrogen-bond acceptors (Lipinski definition) is 3. The smallest absolute Gasteiger partial charge is 0.111 e. The third-order valence-corrected chi connectivity index (χ3v) is 3.47. The minimum Gasteiger partial charge on any atom is -0.330 e. The number of imidazole rings is 1. The predicted octanol–water partition coefficient (Wildman–Crippen LogP) is 2.18. The molecule has 0 saturated carbocycles. The molecule has 0 atom stereocenters. The molecule has 2 aromatic heterocycles. The van der Waals surface area contributed by atoms with E-state index in [1.165, 1.54) is 11.1 Å². The van der Waals surface area contributed by atoms with Gasteiger partial charge in [-0.15, -0.1) is 0 Å². The predicted molar refractivity (Wildman–Crippen MR) is 80.4 cm³/mol. The first-order valence-corrected chi connectivity index (χ1v) is 6.91. The van der Waals surface area contributed by atoms with Gasteiger partial charge in [-0.25, -0.2) is 4.98 Å². The van der Waals surface area contributed by atoms with E-state index in [4.69, 9.17) is 5.73 Å². The normalized spacial score (nSPS) is 11.1. The van der Waals surface area contributed by atoms with Gasteiger partial charge in [-0.2, -0.15) is 0 Å². The number of nitrogens with zero attached hydrogens (tertiary/aromatic N) is 3. The maximum absolute atomic E-state index is 5.70. The molecule has 4 nitrogen and oxygen atoms in total. The van der Waals surface area contributed by atoms with Gasteiger partial charge in [-0.1, -0.05) is 12.1 Å². The van der Waals surface area contributed by atoms with Crippen molar-refractivity contribution in [2.75, 3.05) is 6.54 Å². The third kappa shape index (κ3) is 2.56. The second-order valence-electron chi connectivity index (χ2n) is 4.81. The fourth-order valence-electron chi connectivity index (χ4n) is 2.49. The van der Waals surface area contributed by atoms with Crippen LogP contribution in [0.4, 0.5) is 0 Å². The van der Waals surface area contributed by atoms with E-state index < -0.39 is 0 Å². The zero-order valence-electron chi connectivity index (χ0n) is 11.4. The maximum atomic E-state index is 5.70. The van der Waals surface area contributed by atoms with Crippen molar-refractivity contribution in [3.8, 4) is 0 Å². The topological polar surface area (TPSA) is 56.7 Å². The number of nitrogens with two attached hydrogens (primary N) is 1. The molecule has 0 amide bonds. The van der Waals surface area contributed by atoms with E-state index in [0.717, 1.165) is 30.7 Å². The van der Waals surface area contributed by atoms with Crippen LogP contribution in [0.2, 0.25) is 0 Å². The summed E-state index contributed by atoms with van der Waals surface area (Å²) in [5.41, 5.74) is 9.22. The first-order valence-electron chi connectivity index (χ1n) is 6.91. The Balaban J connectivity index is 1.90. The summed E-state index contributed by atoms with van der Waals surface area (Å²) >= 11 is 0. The molecule has 0 bridgehead atoms. The van der Waals surface area contributed by atoms with Gasteiger partial charge in [0.1, 0.15) is 5.82 Å². The molecule has 3 aromatic rings. The highest BCUT2D eigenvalue weighted by atomic mass is 15.1. The van der Waals surface area contributed by atoms with Gasteiger partial charge in [0.25, 0.3) is 0 Å². The van der Waals surface area contributed by atoms with E-state index in [9.17, 15) is 0 Å². The lowest BCUT2D eigenvalue weighted by Gasteiger charge is -2.08. The average molecular weight is 266 g/mol. The molecular formula is C16H18N4. The average Bonchev–Trinajstić information content (AvgIpc) is 2.84. The molecule has 3 rings (SSSR count). The van der Waals surface area contributed by atoms with Crippen LogP contribution in [0, 0.1) is 0 Å². The Kier molecular flexibility index (Phi) is 3.74. The van der Waals surface area contributed by atoms with E-state index in [1.54, 1.807) is 0 Å². The van der Waals surface area contributed by atoms with Gasteiger partial charge < -0.3 is 10.3 Å². The molecule has 0 fully saturated rings. The molecule has 0 unspecified atom stereocenters. The fourth-order valence-corrected chi connectivity index (χ4v) is 2.49. The Labute approximate surface area is 118 Å². The lowest BCUT2D eigenvalue weighted by molar-refractivity contribution is 0.665. The Morgan fingerprint density at radius 2 is 1.80 bits per heavy atom. The highest BCUT2D eigenvalue weighted by Gasteiger charge is 2.09. The lowest BCUT2D eigenvalue weighted by atomic mass is 10.2. The summed E-state index contributed by atoms with van der Waals surface area (Å²) in [6.07, 6.45) is 5.45. The third-order valence-electron chi connectivity index (χ3n) is 3.47. The van der Waals surface area contributed by atoms with Crippen molar-refractivity contribution < 1.29 is 0 Å². The molecule has 2 heterocycles. The monoisotopic (exact) mass is 266 g/mol. The number of aryl methyl sites for hydroxylation is 2. The fraction of sp³-hybridized carbons (Fsp3) is 0.250. The maximum Gasteiger partial charge on any atom is 0.111 e. The largest absolute Gasteiger partial charge is 0.330 e. The molecule has 0 spiro atoms. The highest BCUT2D eigenvalue weighted by molar-refractivity contribution is 5.75. The molecule has 0 aliphatic heterocycles. The van der Waals surface area contributed by atoms with Crippen molar-refractivity contribution in [2.24, 2.45) is 5.73 Å². The van der Waals surface area contributed by atoms with Crippen molar-refractivity contribution in [3.63, 3.8) is 0 Å². The Bertz CT molecular complexity index is 688. The van der Waals surface area contributed by atoms with Crippen LogP contribution in [0.1, 0.15) is 11.4 Å². The van der Waals surface area contributed by atoms with Crippen LogP contribution in [0.5, 0.6) is 0 Å². The highest BCUT2D eigenvalue weighted by Crippen LogP contribution is 2.17. The van der Waals surface area contributed by atoms with Crippen LogP contribution in [0.15, 0.2) is 48.8 Å². The van der Waals surface area contributed by atoms with Crippen molar-refractivity contribution in [3.05, 3.63) is 60.2 Å². The number of benzene rings is 1. The van der Waals surface area contributed by atoms with Crippen molar-refractivity contribution in [2.45, 2.75) is 19.4 Å². The minimum absolute atomic E-state index is 0.624. The Hall–Kier alpha value is -2.20. The number of rotatable bonds is 5. The molecule has 1 aromatic carbocycles. The van der Waals surface area contributed by atoms with Gasteiger partial charge in [0.15, 0.2) is 0 Å². The van der Waals surface area contributed by atoms with Crippen LogP contribution in [-0.4, -0.2) is 21.1 Å². The number of fused-ring (bicyclic) bond motifs is 1. The molecular weight excluding hydrogens is 248 g/mol. The summed E-state index contributed by atoms with van der Waals surface area (Å²) < 4.78 is 2.28. The van der Waals surface area contributed by atoms with Gasteiger partial charge in [-0.05, 0) is 42.8 Å². The van der Waals surface area contributed by atoms with Crippen LogP contribution in [0.25, 0.3) is 11.0 Å². The van der Waals surface area contributed by atoms with E-state index in [-0.39, 0.29) is 0 Å². The molecule has 4 heteroatoms. The number of hydrogen-bond donors (Lipinski definition) is 1. The quantitative estimate of drug-likeness (QED) is 0.770. The molecule has 2 N–H and O–H groups in total. The number of pyridine rings is 1. The van der Waals surface area contributed by atoms with E-state index in [0.29, 0.717) is 6.54 Å². The van der Waals surface area contributed by atoms with E-state index in [1.807, 2.05) is 18.5 Å². The van der Waals surface area contributed by atoms with Crippen molar-refractivity contribution in [1.29, 1.82) is 0 Å². The minimum atomic E-state index is 0.624. The second kappa shape index (κ2) is 5.84. The number of para-hydroxylation sites is 2. The summed E-state index contributed by atoms with van der Waals surface area (Å²) in [4.78, 5) is 8.74.